The Hall–Kier alpha value is -0.0800. The van der Waals surface area contributed by atoms with Crippen LogP contribution in [0.1, 0.15) is 90.0 Å². The van der Waals surface area contributed by atoms with Crippen LogP contribution in [0.3, 0.4) is 0 Å². The second-order valence-corrected chi connectivity index (χ2v) is 12.3. The topological polar surface area (TPSA) is 6.48 Å². The summed E-state index contributed by atoms with van der Waals surface area (Å²) in [6, 6.07) is 0. The molecule has 2 aliphatic carbocycles. The van der Waals surface area contributed by atoms with Gasteiger partial charge in [-0.3, -0.25) is 9.80 Å². The van der Waals surface area contributed by atoms with Crippen LogP contribution in [0.2, 0.25) is 0 Å². The molecule has 3 fully saturated rings. The van der Waals surface area contributed by atoms with Gasteiger partial charge in [0, 0.05) is 11.1 Å². The molecule has 3 rings (SSSR count). The maximum absolute atomic E-state index is 2.89. The Balaban J connectivity index is 2.49. The number of hydrogen-bond donors (Lipinski definition) is 0. The molecule has 5 atom stereocenters. The number of likely N-dealkylation sites (N-methyl/N-ethyl adjacent to an activating group) is 2. The van der Waals surface area contributed by atoms with Crippen LogP contribution in [0.25, 0.3) is 0 Å². The molecule has 2 saturated carbocycles. The number of fused-ring (bicyclic) bond motifs is 5. The molecule has 5 unspecified atom stereocenters. The molecule has 0 radical (unpaired) electrons. The summed E-state index contributed by atoms with van der Waals surface area (Å²) in [4.78, 5) is 5.69. The van der Waals surface area contributed by atoms with Crippen molar-refractivity contribution in [3.8, 4) is 0 Å². The van der Waals surface area contributed by atoms with Gasteiger partial charge in [-0.15, -0.1) is 0 Å². The Morgan fingerprint density at radius 1 is 0.692 bits per heavy atom. The molecule has 3 aliphatic rings. The normalized spacial score (nSPS) is 52.0. The van der Waals surface area contributed by atoms with Crippen LogP contribution >= 0.6 is 0 Å². The fourth-order valence-electron chi connectivity index (χ4n) is 10.0. The summed E-state index contributed by atoms with van der Waals surface area (Å²) in [5, 5.41) is 0. The highest BCUT2D eigenvalue weighted by Crippen LogP contribution is 2.92. The van der Waals surface area contributed by atoms with Crippen molar-refractivity contribution in [2.75, 3.05) is 13.6 Å². The molecule has 2 nitrogen and oxygen atoms in total. The first kappa shape index (κ1) is 20.6. The van der Waals surface area contributed by atoms with Gasteiger partial charge in [-0.1, -0.05) is 76.2 Å². The lowest BCUT2D eigenvalue weighted by atomic mass is 9.41. The molecule has 1 aliphatic heterocycles. The van der Waals surface area contributed by atoms with Crippen molar-refractivity contribution in [3.05, 3.63) is 0 Å². The number of hydrogen-bond acceptors (Lipinski definition) is 2. The van der Waals surface area contributed by atoms with Crippen LogP contribution < -0.4 is 0 Å². The van der Waals surface area contributed by atoms with E-state index in [-0.39, 0.29) is 38.2 Å². The van der Waals surface area contributed by atoms with Crippen molar-refractivity contribution >= 4 is 0 Å². The third-order valence-corrected chi connectivity index (χ3v) is 12.4. The average molecular weight is 363 g/mol. The van der Waals surface area contributed by atoms with E-state index in [0.717, 1.165) is 6.54 Å². The molecule has 26 heavy (non-hydrogen) atoms. The third kappa shape index (κ3) is 1.31. The number of nitrogens with zero attached hydrogens (tertiary/aromatic N) is 2. The van der Waals surface area contributed by atoms with Gasteiger partial charge in [-0.25, -0.2) is 0 Å². The third-order valence-electron chi connectivity index (χ3n) is 12.4. The molecule has 0 spiro atoms. The van der Waals surface area contributed by atoms with Crippen LogP contribution in [-0.2, 0) is 0 Å². The van der Waals surface area contributed by atoms with Crippen LogP contribution in [0.5, 0.6) is 0 Å². The maximum atomic E-state index is 2.89. The molecule has 0 amide bonds. The van der Waals surface area contributed by atoms with Crippen LogP contribution in [0.4, 0.5) is 0 Å². The van der Waals surface area contributed by atoms with E-state index in [4.69, 9.17) is 0 Å². The maximum Gasteiger partial charge on any atom is 0.0654 e. The van der Waals surface area contributed by atoms with Gasteiger partial charge < -0.3 is 0 Å². The van der Waals surface area contributed by atoms with Gasteiger partial charge in [-0.05, 0) is 60.4 Å². The zero-order valence-electron chi connectivity index (χ0n) is 20.3. The van der Waals surface area contributed by atoms with E-state index >= 15 is 0 Å². The molecule has 2 bridgehead atoms. The summed E-state index contributed by atoms with van der Waals surface area (Å²) < 4.78 is 0. The molecule has 1 heterocycles. The molecule has 1 saturated heterocycles. The zero-order valence-corrected chi connectivity index (χ0v) is 20.3. The first-order valence-electron chi connectivity index (χ1n) is 10.9. The summed E-state index contributed by atoms with van der Waals surface area (Å²) in [5.41, 5.74) is 1.39. The van der Waals surface area contributed by atoms with E-state index in [9.17, 15) is 0 Å². The predicted octanol–water partition coefficient (Wildman–Crippen LogP) is 5.87. The lowest BCUT2D eigenvalue weighted by molar-refractivity contribution is -0.175. The van der Waals surface area contributed by atoms with Crippen molar-refractivity contribution in [2.24, 2.45) is 33.0 Å². The van der Waals surface area contributed by atoms with Crippen LogP contribution in [0, 0.1) is 33.0 Å². The monoisotopic (exact) mass is 362 g/mol. The van der Waals surface area contributed by atoms with Gasteiger partial charge in [0.05, 0.1) is 6.17 Å². The standard InChI is InChI=1S/C24H46N2/c1-15-26-17(16(2)3)25(14)23(12)21(10)18(4,5)19(6,7)22(11,20(21,8)9)24(23,26)13/h16-17H,15H2,1-14H3. The molecular formula is C24H46N2. The van der Waals surface area contributed by atoms with Crippen molar-refractivity contribution in [1.82, 2.24) is 9.80 Å². The minimum Gasteiger partial charge on any atom is -0.283 e. The summed E-state index contributed by atoms with van der Waals surface area (Å²) >= 11 is 0. The highest BCUT2D eigenvalue weighted by atomic mass is 15.5. The van der Waals surface area contributed by atoms with Gasteiger partial charge in [0.25, 0.3) is 0 Å². The average Bonchev–Trinajstić information content (AvgIpc) is 2.77. The SMILES string of the molecule is CCN1C(C(C)C)N(C)C2(C)C1(C)C1(C)C(C)(C)C(C)(C)C2(C)C1(C)C. The van der Waals surface area contributed by atoms with E-state index in [1.165, 1.54) is 0 Å². The Morgan fingerprint density at radius 2 is 1.08 bits per heavy atom. The molecule has 0 aromatic rings. The lowest BCUT2D eigenvalue weighted by Gasteiger charge is -2.68. The summed E-state index contributed by atoms with van der Waals surface area (Å²) in [6.45, 7) is 34.3. The Kier molecular flexibility index (Phi) is 3.75. The van der Waals surface area contributed by atoms with Gasteiger partial charge in [-0.2, -0.15) is 0 Å². The van der Waals surface area contributed by atoms with E-state index in [0.29, 0.717) is 12.1 Å². The second-order valence-electron chi connectivity index (χ2n) is 12.3. The van der Waals surface area contributed by atoms with E-state index < -0.39 is 0 Å². The van der Waals surface area contributed by atoms with Crippen molar-refractivity contribution < 1.29 is 0 Å². The minimum atomic E-state index is 0.127. The van der Waals surface area contributed by atoms with Crippen molar-refractivity contribution in [3.63, 3.8) is 0 Å². The smallest absolute Gasteiger partial charge is 0.0654 e. The van der Waals surface area contributed by atoms with Gasteiger partial charge in [0.15, 0.2) is 0 Å². The van der Waals surface area contributed by atoms with Crippen LogP contribution in [-0.4, -0.2) is 40.6 Å². The fraction of sp³-hybridized carbons (Fsp3) is 1.00. The molecule has 0 aromatic carbocycles. The largest absolute Gasteiger partial charge is 0.283 e. The molecule has 0 N–H and O–H groups in total. The van der Waals surface area contributed by atoms with Gasteiger partial charge >= 0.3 is 0 Å². The highest BCUT2D eigenvalue weighted by Gasteiger charge is 2.95. The molecule has 2 heteroatoms. The van der Waals surface area contributed by atoms with Crippen LogP contribution in [0.15, 0.2) is 0 Å². The Labute approximate surface area is 164 Å². The number of rotatable bonds is 2. The summed E-state index contributed by atoms with van der Waals surface area (Å²) in [7, 11) is 2.42. The lowest BCUT2D eigenvalue weighted by Crippen LogP contribution is -2.74. The second kappa shape index (κ2) is 4.73. The molecule has 0 aromatic heterocycles. The van der Waals surface area contributed by atoms with Crippen molar-refractivity contribution in [1.29, 1.82) is 0 Å². The first-order chi connectivity index (χ1) is 11.4. The molecule has 152 valence electrons. The zero-order chi connectivity index (χ0) is 20.5. The predicted molar refractivity (Wildman–Crippen MR) is 113 cm³/mol. The summed E-state index contributed by atoms with van der Waals surface area (Å²) in [6.07, 6.45) is 0.509. The Bertz CT molecular complexity index is 632. The van der Waals surface area contributed by atoms with Crippen molar-refractivity contribution in [2.45, 2.75) is 107 Å². The van der Waals surface area contributed by atoms with E-state index in [1.54, 1.807) is 0 Å². The Morgan fingerprint density at radius 3 is 1.42 bits per heavy atom. The highest BCUT2D eigenvalue weighted by molar-refractivity contribution is 5.46. The summed E-state index contributed by atoms with van der Waals surface area (Å²) in [5.74, 6) is 0.625. The van der Waals surface area contributed by atoms with E-state index in [1.807, 2.05) is 0 Å². The van der Waals surface area contributed by atoms with E-state index in [2.05, 4.69) is 107 Å². The molecular weight excluding hydrogens is 316 g/mol. The minimum absolute atomic E-state index is 0.127. The van der Waals surface area contributed by atoms with Gasteiger partial charge in [0.1, 0.15) is 0 Å². The fourth-order valence-corrected chi connectivity index (χ4v) is 10.0. The van der Waals surface area contributed by atoms with Gasteiger partial charge in [0.2, 0.25) is 0 Å². The first-order valence-corrected chi connectivity index (χ1v) is 10.9. The quantitative estimate of drug-likeness (QED) is 0.606.